The Hall–Kier alpha value is -1.37. The van der Waals surface area contributed by atoms with E-state index in [-0.39, 0.29) is 23.0 Å². The lowest BCUT2D eigenvalue weighted by atomic mass is 10.2. The minimum absolute atomic E-state index is 0. The lowest BCUT2D eigenvalue weighted by molar-refractivity contribution is -0.384. The van der Waals surface area contributed by atoms with E-state index in [1.165, 1.54) is 0 Å². The highest BCUT2D eigenvalue weighted by Crippen LogP contribution is 2.28. The molecule has 19 heavy (non-hydrogen) atoms. The van der Waals surface area contributed by atoms with Gasteiger partial charge in [0.25, 0.3) is 5.69 Å². The van der Waals surface area contributed by atoms with Crippen LogP contribution in [-0.2, 0) is 0 Å². The summed E-state index contributed by atoms with van der Waals surface area (Å²) < 4.78 is 0. The van der Waals surface area contributed by atoms with Crippen molar-refractivity contribution in [2.45, 2.75) is 0 Å². The minimum Gasteiger partial charge on any atom is -0.363 e. The van der Waals surface area contributed by atoms with Crippen molar-refractivity contribution in [3.63, 3.8) is 0 Å². The van der Waals surface area contributed by atoms with Gasteiger partial charge in [0.05, 0.1) is 4.92 Å². The van der Waals surface area contributed by atoms with E-state index in [0.29, 0.717) is 6.54 Å². The van der Waals surface area contributed by atoms with E-state index in [1.807, 2.05) is 12.1 Å². The molecule has 0 saturated carbocycles. The molecule has 1 heterocycles. The summed E-state index contributed by atoms with van der Waals surface area (Å²) in [5.74, 6) is 0. The lowest BCUT2D eigenvalue weighted by Gasteiger charge is -2.35. The number of hydrogen-bond donors (Lipinski definition) is 1. The van der Waals surface area contributed by atoms with Crippen LogP contribution >= 0.6 is 12.4 Å². The molecule has 1 saturated heterocycles. The smallest absolute Gasteiger partial charge is 0.292 e. The summed E-state index contributed by atoms with van der Waals surface area (Å²) in [6.07, 6.45) is 0. The Labute approximate surface area is 118 Å². The molecule has 0 aliphatic carbocycles. The Balaban J connectivity index is 0.00000180. The molecule has 7 heteroatoms. The predicted octanol–water partition coefficient (Wildman–Crippen LogP) is 1.10. The first-order chi connectivity index (χ1) is 8.72. The molecule has 1 aromatic rings. The van der Waals surface area contributed by atoms with Crippen molar-refractivity contribution in [1.29, 1.82) is 0 Å². The van der Waals surface area contributed by atoms with Gasteiger partial charge in [-0.2, -0.15) is 0 Å². The highest BCUT2D eigenvalue weighted by Gasteiger charge is 2.22. The summed E-state index contributed by atoms with van der Waals surface area (Å²) in [6, 6.07) is 6.92. The van der Waals surface area contributed by atoms with Crippen LogP contribution in [0.1, 0.15) is 0 Å². The number of halogens is 1. The molecule has 0 spiro atoms. The van der Waals surface area contributed by atoms with Crippen LogP contribution in [-0.4, -0.2) is 49.1 Å². The van der Waals surface area contributed by atoms with Crippen molar-refractivity contribution in [3.8, 4) is 0 Å². The fourth-order valence-corrected chi connectivity index (χ4v) is 2.28. The fourth-order valence-electron chi connectivity index (χ4n) is 2.28. The molecule has 1 aliphatic heterocycles. The van der Waals surface area contributed by atoms with Crippen LogP contribution in [0.4, 0.5) is 11.4 Å². The van der Waals surface area contributed by atoms with Crippen molar-refractivity contribution in [1.82, 2.24) is 4.90 Å². The molecule has 0 bridgehead atoms. The second kappa shape index (κ2) is 7.28. The number of hydrogen-bond acceptors (Lipinski definition) is 5. The maximum atomic E-state index is 11.0. The zero-order valence-corrected chi connectivity index (χ0v) is 11.5. The molecule has 2 rings (SSSR count). The molecule has 0 unspecified atom stereocenters. The van der Waals surface area contributed by atoms with Gasteiger partial charge in [-0.15, -0.1) is 12.4 Å². The highest BCUT2D eigenvalue weighted by molar-refractivity contribution is 5.85. The summed E-state index contributed by atoms with van der Waals surface area (Å²) in [5, 5.41) is 11.0. The van der Waals surface area contributed by atoms with Crippen LogP contribution in [0.2, 0.25) is 0 Å². The van der Waals surface area contributed by atoms with E-state index in [4.69, 9.17) is 5.73 Å². The predicted molar refractivity (Wildman–Crippen MR) is 78.1 cm³/mol. The van der Waals surface area contributed by atoms with Crippen LogP contribution < -0.4 is 10.6 Å². The second-order valence-electron chi connectivity index (χ2n) is 4.36. The van der Waals surface area contributed by atoms with Crippen LogP contribution in [0.15, 0.2) is 24.3 Å². The number of nitro groups is 1. The van der Waals surface area contributed by atoms with E-state index >= 15 is 0 Å². The molecular weight excluding hydrogens is 268 g/mol. The van der Waals surface area contributed by atoms with Crippen LogP contribution in [0, 0.1) is 10.1 Å². The molecule has 0 aromatic heterocycles. The summed E-state index contributed by atoms with van der Waals surface area (Å²) >= 11 is 0. The summed E-state index contributed by atoms with van der Waals surface area (Å²) in [6.45, 7) is 4.98. The van der Waals surface area contributed by atoms with Gasteiger partial charge in [0.2, 0.25) is 0 Å². The Morgan fingerprint density at radius 1 is 1.21 bits per heavy atom. The van der Waals surface area contributed by atoms with Gasteiger partial charge < -0.3 is 10.6 Å². The van der Waals surface area contributed by atoms with Gasteiger partial charge in [0.15, 0.2) is 0 Å². The molecule has 0 amide bonds. The maximum Gasteiger partial charge on any atom is 0.292 e. The average molecular weight is 287 g/mol. The van der Waals surface area contributed by atoms with E-state index in [2.05, 4.69) is 9.80 Å². The van der Waals surface area contributed by atoms with Crippen molar-refractivity contribution < 1.29 is 4.92 Å². The number of piperazine rings is 1. The molecule has 1 aromatic carbocycles. The van der Waals surface area contributed by atoms with Gasteiger partial charge in [0.1, 0.15) is 5.69 Å². The third-order valence-electron chi connectivity index (χ3n) is 3.24. The Morgan fingerprint density at radius 3 is 2.42 bits per heavy atom. The number of rotatable bonds is 4. The zero-order chi connectivity index (χ0) is 13.0. The van der Waals surface area contributed by atoms with Crippen molar-refractivity contribution in [2.24, 2.45) is 5.73 Å². The van der Waals surface area contributed by atoms with Crippen molar-refractivity contribution >= 4 is 23.8 Å². The molecule has 1 fully saturated rings. The molecular formula is C12H19ClN4O2. The first-order valence-electron chi connectivity index (χ1n) is 6.13. The zero-order valence-electron chi connectivity index (χ0n) is 10.7. The molecule has 1 aliphatic rings. The molecule has 6 nitrogen and oxygen atoms in total. The monoisotopic (exact) mass is 286 g/mol. The number of anilines is 1. The molecule has 0 radical (unpaired) electrons. The van der Waals surface area contributed by atoms with Gasteiger partial charge in [-0.25, -0.2) is 0 Å². The van der Waals surface area contributed by atoms with Gasteiger partial charge in [-0.3, -0.25) is 15.0 Å². The largest absolute Gasteiger partial charge is 0.363 e. The van der Waals surface area contributed by atoms with Crippen LogP contribution in [0.25, 0.3) is 0 Å². The van der Waals surface area contributed by atoms with E-state index in [0.717, 1.165) is 38.4 Å². The summed E-state index contributed by atoms with van der Waals surface area (Å²) in [7, 11) is 0. The van der Waals surface area contributed by atoms with Crippen LogP contribution in [0.3, 0.4) is 0 Å². The fraction of sp³-hybridized carbons (Fsp3) is 0.500. The van der Waals surface area contributed by atoms with E-state index in [1.54, 1.807) is 12.1 Å². The van der Waals surface area contributed by atoms with E-state index in [9.17, 15) is 10.1 Å². The Morgan fingerprint density at radius 2 is 1.84 bits per heavy atom. The number of benzene rings is 1. The van der Waals surface area contributed by atoms with Gasteiger partial charge in [-0.05, 0) is 6.07 Å². The highest BCUT2D eigenvalue weighted by atomic mass is 35.5. The van der Waals surface area contributed by atoms with Crippen LogP contribution in [0.5, 0.6) is 0 Å². The van der Waals surface area contributed by atoms with Gasteiger partial charge >= 0.3 is 0 Å². The summed E-state index contributed by atoms with van der Waals surface area (Å²) in [5.41, 5.74) is 6.43. The first-order valence-corrected chi connectivity index (χ1v) is 6.13. The Kier molecular flexibility index (Phi) is 6.01. The Bertz CT molecular complexity index is 422. The summed E-state index contributed by atoms with van der Waals surface area (Å²) in [4.78, 5) is 15.0. The number of nitro benzene ring substituents is 1. The first kappa shape index (κ1) is 15.7. The van der Waals surface area contributed by atoms with E-state index < -0.39 is 0 Å². The van der Waals surface area contributed by atoms with Gasteiger partial charge in [0, 0.05) is 45.3 Å². The number of nitrogens with zero attached hydrogens (tertiary/aromatic N) is 3. The number of para-hydroxylation sites is 2. The SMILES string of the molecule is Cl.NCCN1CCN(c2ccccc2[N+](=O)[O-])CC1. The second-order valence-corrected chi connectivity index (χ2v) is 4.36. The van der Waals surface area contributed by atoms with Crippen molar-refractivity contribution in [2.75, 3.05) is 44.2 Å². The molecule has 2 N–H and O–H groups in total. The molecule has 0 atom stereocenters. The third-order valence-corrected chi connectivity index (χ3v) is 3.24. The number of nitrogens with two attached hydrogens (primary N) is 1. The van der Waals surface area contributed by atoms with Crippen molar-refractivity contribution in [3.05, 3.63) is 34.4 Å². The third kappa shape index (κ3) is 3.79. The minimum atomic E-state index is -0.318. The topological polar surface area (TPSA) is 75.6 Å². The lowest BCUT2D eigenvalue weighted by Crippen LogP contribution is -2.47. The van der Waals surface area contributed by atoms with Gasteiger partial charge in [-0.1, -0.05) is 12.1 Å². The maximum absolute atomic E-state index is 11.0. The molecule has 106 valence electrons. The quantitative estimate of drug-likeness (QED) is 0.662. The average Bonchev–Trinajstić information content (AvgIpc) is 2.40. The standard InChI is InChI=1S/C12H18N4O2.ClH/c13-5-6-14-7-9-15(10-8-14)11-3-1-2-4-12(11)16(17)18;/h1-4H,5-10,13H2;1H. The normalized spacial score (nSPS) is 15.9.